The van der Waals surface area contributed by atoms with Crippen LogP contribution in [0.5, 0.6) is 0 Å². The molecule has 1 aliphatic heterocycles. The fraction of sp³-hybridized carbons (Fsp3) is 0.308. The summed E-state index contributed by atoms with van der Waals surface area (Å²) in [4.78, 5) is 45.1. The van der Waals surface area contributed by atoms with E-state index in [0.29, 0.717) is 42.9 Å². The lowest BCUT2D eigenvalue weighted by atomic mass is 9.81. The van der Waals surface area contributed by atoms with Crippen LogP contribution >= 0.6 is 59.4 Å². The normalized spacial score (nSPS) is 28.9. The van der Waals surface area contributed by atoms with Gasteiger partial charge in [0, 0.05) is 25.1 Å². The van der Waals surface area contributed by atoms with E-state index in [1.165, 1.54) is 11.0 Å². The first kappa shape index (κ1) is 24.5. The molecule has 6 rings (SSSR count). The molecular weight excluding hydrogens is 679 g/mol. The average Bonchev–Trinajstić information content (AvgIpc) is 3.47. The zero-order valence-electron chi connectivity index (χ0n) is 18.7. The minimum absolute atomic E-state index is 0.112. The number of pyridine rings is 1. The van der Waals surface area contributed by atoms with E-state index in [1.807, 2.05) is 0 Å². The van der Waals surface area contributed by atoms with Gasteiger partial charge >= 0.3 is 5.97 Å². The number of hydrogen-bond donors (Lipinski definition) is 1. The zero-order chi connectivity index (χ0) is 25.6. The first-order valence-electron chi connectivity index (χ1n) is 11.4. The Morgan fingerprint density at radius 1 is 1.06 bits per heavy atom. The second-order valence-corrected chi connectivity index (χ2v) is 13.0. The van der Waals surface area contributed by atoms with Crippen LogP contribution in [0.25, 0.3) is 22.2 Å². The third-order valence-corrected chi connectivity index (χ3v) is 12.4. The number of aryl methyl sites for hydroxylation is 1. The summed E-state index contributed by atoms with van der Waals surface area (Å²) in [6.07, 6.45) is 0.880. The van der Waals surface area contributed by atoms with Crippen LogP contribution in [0.1, 0.15) is 22.3 Å². The van der Waals surface area contributed by atoms with Crippen molar-refractivity contribution >= 4 is 93.8 Å². The van der Waals surface area contributed by atoms with Crippen LogP contribution in [0.3, 0.4) is 0 Å². The van der Waals surface area contributed by atoms with Crippen molar-refractivity contribution in [2.24, 2.45) is 23.7 Å². The van der Waals surface area contributed by atoms with Gasteiger partial charge in [-0.15, -0.1) is 0 Å². The molecule has 0 spiro atoms. The van der Waals surface area contributed by atoms with E-state index in [2.05, 4.69) is 47.8 Å². The number of halogens is 4. The maximum absolute atomic E-state index is 13.3. The second kappa shape index (κ2) is 8.61. The van der Waals surface area contributed by atoms with E-state index >= 15 is 0 Å². The van der Waals surface area contributed by atoms with Gasteiger partial charge in [-0.3, -0.25) is 14.5 Å². The molecule has 1 N–H and O–H groups in total. The average molecular weight is 698 g/mol. The fourth-order valence-corrected chi connectivity index (χ4v) is 8.71. The van der Waals surface area contributed by atoms with E-state index in [-0.39, 0.29) is 50.7 Å². The molecule has 1 saturated heterocycles. The van der Waals surface area contributed by atoms with E-state index in [4.69, 9.17) is 16.6 Å². The molecule has 2 amide bonds. The fourth-order valence-electron chi connectivity index (χ4n) is 6.17. The molecule has 3 aliphatic rings. The summed E-state index contributed by atoms with van der Waals surface area (Å²) in [6, 6.07) is 10.2. The van der Waals surface area contributed by atoms with Gasteiger partial charge in [0.2, 0.25) is 11.8 Å². The highest BCUT2D eigenvalue weighted by atomic mass is 79.9. The summed E-state index contributed by atoms with van der Waals surface area (Å²) in [5.41, 5.74) is 2.94. The predicted molar refractivity (Wildman–Crippen MR) is 148 cm³/mol. The Bertz CT molecular complexity index is 1460. The molecule has 2 heterocycles. The zero-order valence-corrected chi connectivity index (χ0v) is 24.2. The highest BCUT2D eigenvalue weighted by molar-refractivity contribution is 9.12. The van der Waals surface area contributed by atoms with Crippen molar-refractivity contribution in [1.29, 1.82) is 0 Å². The number of anilines is 1. The van der Waals surface area contributed by atoms with E-state index in [1.54, 1.807) is 37.3 Å². The number of carboxylic acid groups (broad SMARTS) is 1. The molecule has 2 aromatic carbocycles. The van der Waals surface area contributed by atoms with Crippen LogP contribution < -0.4 is 4.90 Å². The Morgan fingerprint density at radius 2 is 1.64 bits per heavy atom. The predicted octanol–water partition coefficient (Wildman–Crippen LogP) is 6.61. The lowest BCUT2D eigenvalue weighted by Crippen LogP contribution is -2.37. The maximum atomic E-state index is 13.3. The number of hydrogen-bond acceptors (Lipinski definition) is 4. The van der Waals surface area contributed by atoms with Crippen LogP contribution in [-0.4, -0.2) is 37.5 Å². The third-order valence-electron chi connectivity index (χ3n) is 7.86. The molecule has 2 bridgehead atoms. The van der Waals surface area contributed by atoms with Gasteiger partial charge in [0.05, 0.1) is 39.3 Å². The second-order valence-electron chi connectivity index (χ2n) is 9.62. The molecule has 0 radical (unpaired) electrons. The molecule has 1 aromatic heterocycles. The van der Waals surface area contributed by atoms with Gasteiger partial charge in [-0.2, -0.15) is 0 Å². The minimum atomic E-state index is -1.07. The summed E-state index contributed by atoms with van der Waals surface area (Å²) >= 11 is 17.2. The molecule has 2 aliphatic carbocycles. The lowest BCUT2D eigenvalue weighted by molar-refractivity contribution is -0.123. The highest BCUT2D eigenvalue weighted by Gasteiger charge is 2.66. The number of carboxylic acids is 1. The van der Waals surface area contributed by atoms with Gasteiger partial charge in [0.1, 0.15) is 0 Å². The summed E-state index contributed by atoms with van der Waals surface area (Å²) in [6.45, 7) is 1.80. The van der Waals surface area contributed by atoms with Gasteiger partial charge in [-0.25, -0.2) is 9.78 Å². The third kappa shape index (κ3) is 3.38. The van der Waals surface area contributed by atoms with E-state index in [0.717, 1.165) is 6.42 Å². The van der Waals surface area contributed by atoms with Crippen molar-refractivity contribution < 1.29 is 19.5 Å². The molecule has 3 aromatic rings. The Hall–Kier alpha value is -1.81. The number of carbonyl (C=O) groups is 3. The molecule has 2 saturated carbocycles. The van der Waals surface area contributed by atoms with Crippen molar-refractivity contribution in [3.05, 3.63) is 57.0 Å². The number of carbonyl (C=O) groups excluding carboxylic acids is 2. The number of fused-ring (bicyclic) bond motifs is 6. The van der Waals surface area contributed by atoms with Crippen molar-refractivity contribution in [3.63, 3.8) is 0 Å². The van der Waals surface area contributed by atoms with Crippen molar-refractivity contribution in [2.75, 3.05) is 4.90 Å². The lowest BCUT2D eigenvalue weighted by Gasteiger charge is -2.28. The number of amides is 2. The topological polar surface area (TPSA) is 87.6 Å². The number of rotatable bonds is 3. The van der Waals surface area contributed by atoms with Crippen molar-refractivity contribution in [3.8, 4) is 11.3 Å². The number of aromatic nitrogens is 1. The monoisotopic (exact) mass is 694 g/mol. The van der Waals surface area contributed by atoms with Gasteiger partial charge in [-0.05, 0) is 70.9 Å². The smallest absolute Gasteiger partial charge is 0.336 e. The number of alkyl halides is 2. The summed E-state index contributed by atoms with van der Waals surface area (Å²) in [5.74, 6) is -1.62. The number of nitrogens with zero attached hydrogens (tertiary/aromatic N) is 2. The Kier molecular flexibility index (Phi) is 5.87. The van der Waals surface area contributed by atoms with Crippen LogP contribution in [-0.2, 0) is 9.59 Å². The van der Waals surface area contributed by atoms with Gasteiger partial charge in [0.15, 0.2) is 0 Å². The molecule has 3 fully saturated rings. The first-order chi connectivity index (χ1) is 17.1. The number of benzene rings is 2. The van der Waals surface area contributed by atoms with Gasteiger partial charge < -0.3 is 5.11 Å². The summed E-state index contributed by atoms with van der Waals surface area (Å²) in [7, 11) is 0. The largest absolute Gasteiger partial charge is 0.478 e. The minimum Gasteiger partial charge on any atom is -0.478 e. The highest BCUT2D eigenvalue weighted by Crippen LogP contribution is 2.60. The van der Waals surface area contributed by atoms with Crippen molar-refractivity contribution in [1.82, 2.24) is 4.98 Å². The Morgan fingerprint density at radius 3 is 2.19 bits per heavy atom. The molecule has 6 unspecified atom stereocenters. The Labute approximate surface area is 236 Å². The van der Waals surface area contributed by atoms with E-state index < -0.39 is 5.97 Å². The quantitative estimate of drug-likeness (QED) is 0.246. The molecule has 6 atom stereocenters. The standard InChI is InChI=1S/C26H18Br3ClN2O4/c1-9-22(30)16(27)7-12-13(26(35)36)8-17(31-23(9)12)10-2-4-11(5-3-10)32-24(33)18-14-6-15(19(18)25(32)34)21(29)20(14)28/h2-5,7-8,14-15,18-21H,6H2,1H3,(H,35,36). The van der Waals surface area contributed by atoms with Crippen LogP contribution in [0, 0.1) is 30.6 Å². The Balaban J connectivity index is 1.38. The van der Waals surface area contributed by atoms with Crippen molar-refractivity contribution in [2.45, 2.75) is 23.0 Å². The van der Waals surface area contributed by atoms with Crippen LogP contribution in [0.4, 0.5) is 5.69 Å². The molecule has 6 nitrogen and oxygen atoms in total. The van der Waals surface area contributed by atoms with Crippen LogP contribution in [0.15, 0.2) is 40.9 Å². The van der Waals surface area contributed by atoms with Gasteiger partial charge in [-0.1, -0.05) is 55.6 Å². The molecule has 10 heteroatoms. The first-order valence-corrected chi connectivity index (χ1v) is 14.4. The molecular formula is C26H18Br3ClN2O4. The maximum Gasteiger partial charge on any atom is 0.336 e. The van der Waals surface area contributed by atoms with Crippen LogP contribution in [0.2, 0.25) is 5.02 Å². The summed E-state index contributed by atoms with van der Waals surface area (Å²) in [5, 5.41) is 10.8. The molecule has 36 heavy (non-hydrogen) atoms. The number of imide groups is 1. The summed E-state index contributed by atoms with van der Waals surface area (Å²) < 4.78 is 0.603. The van der Waals surface area contributed by atoms with E-state index in [9.17, 15) is 19.5 Å². The SMILES string of the molecule is Cc1c(Cl)c(Br)cc2c(C(=O)O)cc(-c3ccc(N4C(=O)C5C6CC(C(Br)C6Br)C5C4=O)cc3)nc12. The van der Waals surface area contributed by atoms with Gasteiger partial charge in [0.25, 0.3) is 0 Å². The number of aromatic carboxylic acids is 1. The molecule has 184 valence electrons.